The van der Waals surface area contributed by atoms with Crippen LogP contribution in [-0.2, 0) is 32.9 Å². The van der Waals surface area contributed by atoms with Crippen molar-refractivity contribution in [3.63, 3.8) is 0 Å². The van der Waals surface area contributed by atoms with Crippen molar-refractivity contribution in [2.75, 3.05) is 6.61 Å². The minimum absolute atomic E-state index is 0.193. The van der Waals surface area contributed by atoms with Crippen LogP contribution in [0, 0.1) is 22.7 Å². The average molecular weight is 617 g/mol. The normalized spacial score (nSPS) is 27.4. The van der Waals surface area contributed by atoms with Crippen molar-refractivity contribution in [3.8, 4) is 11.8 Å². The van der Waals surface area contributed by atoms with Gasteiger partial charge in [0.2, 0.25) is 0 Å². The van der Waals surface area contributed by atoms with Gasteiger partial charge in [-0.05, 0) is 58.7 Å². The van der Waals surface area contributed by atoms with Crippen LogP contribution in [0.1, 0.15) is 47.0 Å². The van der Waals surface area contributed by atoms with E-state index in [2.05, 4.69) is 23.1 Å². The average Bonchev–Trinajstić information content (AvgIpc) is 3.18. The zero-order valence-corrected chi connectivity index (χ0v) is 25.5. The van der Waals surface area contributed by atoms with Crippen molar-refractivity contribution in [1.29, 1.82) is 5.26 Å². The fourth-order valence-electron chi connectivity index (χ4n) is 4.74. The van der Waals surface area contributed by atoms with Crippen LogP contribution >= 0.6 is 7.75 Å². The van der Waals surface area contributed by atoms with Gasteiger partial charge in [0.15, 0.2) is 12.3 Å². The third-order valence-corrected chi connectivity index (χ3v) is 8.94. The third-order valence-electron chi connectivity index (χ3n) is 7.29. The molecule has 1 aromatic carbocycles. The first-order valence-corrected chi connectivity index (χ1v) is 15.6. The molecule has 1 unspecified atom stereocenters. The fourth-order valence-corrected chi connectivity index (χ4v) is 6.24. The molecule has 6 atom stereocenters. The predicted molar refractivity (Wildman–Crippen MR) is 153 cm³/mol. The molecule has 0 bridgehead atoms. The van der Waals surface area contributed by atoms with Gasteiger partial charge in [0.05, 0.1) is 24.7 Å². The van der Waals surface area contributed by atoms with Gasteiger partial charge in [-0.3, -0.25) is 19.0 Å². The van der Waals surface area contributed by atoms with Gasteiger partial charge in [0, 0.05) is 11.9 Å². The maximum atomic E-state index is 14.0. The van der Waals surface area contributed by atoms with Crippen LogP contribution in [0.4, 0.5) is 4.79 Å². The number of nitrogens with zero attached hydrogens (tertiary/aromatic N) is 2. The number of nitriles is 1. The highest BCUT2D eigenvalue weighted by Gasteiger charge is 2.60. The molecule has 13 nitrogen and oxygen atoms in total. The van der Waals surface area contributed by atoms with Gasteiger partial charge in [-0.25, -0.2) is 9.36 Å². The van der Waals surface area contributed by atoms with Crippen LogP contribution in [0.5, 0.6) is 5.75 Å². The maximum Gasteiger partial charge on any atom is 0.459 e. The number of urea groups is 1. The van der Waals surface area contributed by atoms with Crippen LogP contribution < -0.4 is 14.9 Å². The van der Waals surface area contributed by atoms with Gasteiger partial charge in [-0.1, -0.05) is 31.2 Å². The summed E-state index contributed by atoms with van der Waals surface area (Å²) in [5, 5.41) is 15.5. The van der Waals surface area contributed by atoms with E-state index < -0.39 is 68.3 Å². The van der Waals surface area contributed by atoms with Gasteiger partial charge < -0.3 is 24.1 Å². The van der Waals surface area contributed by atoms with E-state index in [1.807, 2.05) is 0 Å². The van der Waals surface area contributed by atoms with E-state index in [1.54, 1.807) is 44.2 Å². The van der Waals surface area contributed by atoms with Crippen LogP contribution in [-0.4, -0.2) is 60.1 Å². The molecular weight excluding hydrogens is 579 g/mol. The summed E-state index contributed by atoms with van der Waals surface area (Å²) in [7, 11) is -4.32. The maximum absolute atomic E-state index is 14.0. The van der Waals surface area contributed by atoms with Crippen molar-refractivity contribution in [2.24, 2.45) is 11.3 Å². The highest BCUT2D eigenvalue weighted by molar-refractivity contribution is 7.52. The lowest BCUT2D eigenvalue weighted by atomic mass is 9.82. The summed E-state index contributed by atoms with van der Waals surface area (Å²) in [6.45, 7) is 9.53. The highest BCUT2D eigenvalue weighted by atomic mass is 31.2. The zero-order valence-electron chi connectivity index (χ0n) is 24.6. The number of para-hydroxylation sites is 1. The van der Waals surface area contributed by atoms with E-state index in [0.29, 0.717) is 18.5 Å². The number of carbonyl (C=O) groups is 3. The van der Waals surface area contributed by atoms with Crippen molar-refractivity contribution in [2.45, 2.75) is 77.5 Å². The molecule has 1 aliphatic carbocycles. The standard InChI is InChI=1S/C29H37N4O9P/c1-18(2)39-25(34)20(4)32-43(37,42-22-12-7-6-8-13-22)38-16-23-24(41-26(35)21-10-9-11-21)29(5,17-30)27(40-23)33-15-14-19(3)31-28(33)36/h6-8,12-15,18,20-21,23-24,27H,3,9-11,16H2,1-2,4-5H3,(H,31,36)(H,32,37)/t20-,23+,24+,27+,29+,43?/m0/s1. The summed E-state index contributed by atoms with van der Waals surface area (Å²) in [4.78, 5) is 39.5. The second kappa shape index (κ2) is 13.3. The Bertz CT molecular complexity index is 1340. The molecule has 232 valence electrons. The number of hydrogen-bond acceptors (Lipinski definition) is 10. The first-order chi connectivity index (χ1) is 20.3. The van der Waals surface area contributed by atoms with Crippen LogP contribution in [0.3, 0.4) is 0 Å². The number of amides is 2. The first kappa shape index (κ1) is 32.2. The number of carbonyl (C=O) groups excluding carboxylic acids is 3. The molecule has 0 aromatic heterocycles. The van der Waals surface area contributed by atoms with E-state index in [4.69, 9.17) is 23.3 Å². The van der Waals surface area contributed by atoms with Crippen molar-refractivity contribution in [1.82, 2.24) is 15.3 Å². The largest absolute Gasteiger partial charge is 0.462 e. The second-order valence-electron chi connectivity index (χ2n) is 11.1. The number of ether oxygens (including phenoxy) is 3. The molecule has 1 saturated heterocycles. The molecule has 2 N–H and O–H groups in total. The Morgan fingerprint density at radius 3 is 2.56 bits per heavy atom. The SMILES string of the molecule is C=C1C=CN([C@@H]2O[C@H](COP(=O)(N[C@@H](C)C(=O)OC(C)C)Oc3ccccc3)[C@@H](OC(=O)C3CCC3)[C@@]2(C)C#N)C(=O)N1. The Morgan fingerprint density at radius 1 is 1.28 bits per heavy atom. The highest BCUT2D eigenvalue weighted by Crippen LogP contribution is 2.48. The first-order valence-electron chi connectivity index (χ1n) is 14.1. The molecule has 14 heteroatoms. The summed E-state index contributed by atoms with van der Waals surface area (Å²) >= 11 is 0. The lowest BCUT2D eigenvalue weighted by Gasteiger charge is -2.35. The van der Waals surface area contributed by atoms with Crippen molar-refractivity contribution in [3.05, 3.63) is 54.9 Å². The lowest BCUT2D eigenvalue weighted by Crippen LogP contribution is -2.52. The minimum atomic E-state index is -4.32. The van der Waals surface area contributed by atoms with E-state index in [-0.39, 0.29) is 11.7 Å². The molecular formula is C29H37N4O9P. The number of rotatable bonds is 12. The molecule has 4 rings (SSSR count). The Kier molecular flexibility index (Phi) is 9.97. The van der Waals surface area contributed by atoms with Crippen LogP contribution in [0.2, 0.25) is 0 Å². The topological polar surface area (TPSA) is 166 Å². The van der Waals surface area contributed by atoms with Crippen molar-refractivity contribution < 1.29 is 42.2 Å². The summed E-state index contributed by atoms with van der Waals surface area (Å²) in [5.41, 5.74) is -1.21. The second-order valence-corrected chi connectivity index (χ2v) is 12.8. The quantitative estimate of drug-likeness (QED) is 0.256. The molecule has 2 fully saturated rings. The predicted octanol–water partition coefficient (Wildman–Crippen LogP) is 4.14. The van der Waals surface area contributed by atoms with Gasteiger partial charge in [0.1, 0.15) is 23.3 Å². The number of benzene rings is 1. The molecule has 43 heavy (non-hydrogen) atoms. The Balaban J connectivity index is 1.61. The molecule has 2 heterocycles. The number of allylic oxidation sites excluding steroid dienone is 1. The molecule has 2 aliphatic heterocycles. The van der Waals surface area contributed by atoms with Gasteiger partial charge >= 0.3 is 25.7 Å². The summed E-state index contributed by atoms with van der Waals surface area (Å²) in [5.74, 6) is -1.29. The van der Waals surface area contributed by atoms with E-state index in [9.17, 15) is 24.2 Å². The van der Waals surface area contributed by atoms with Crippen LogP contribution in [0.25, 0.3) is 0 Å². The number of hydrogen-bond donors (Lipinski definition) is 2. The molecule has 1 aromatic rings. The van der Waals surface area contributed by atoms with E-state index >= 15 is 0 Å². The Hall–Kier alpha value is -3.69. The summed E-state index contributed by atoms with van der Waals surface area (Å²) in [6, 6.07) is 8.67. The molecule has 0 radical (unpaired) electrons. The number of nitrogens with one attached hydrogen (secondary N) is 2. The molecule has 3 aliphatic rings. The molecule has 1 saturated carbocycles. The van der Waals surface area contributed by atoms with E-state index in [1.165, 1.54) is 31.0 Å². The zero-order chi connectivity index (χ0) is 31.4. The van der Waals surface area contributed by atoms with Gasteiger partial charge in [0.25, 0.3) is 0 Å². The Labute approximate surface area is 250 Å². The van der Waals surface area contributed by atoms with Gasteiger partial charge in [-0.15, -0.1) is 0 Å². The monoisotopic (exact) mass is 616 g/mol. The summed E-state index contributed by atoms with van der Waals surface area (Å²) < 4.78 is 42.8. The van der Waals surface area contributed by atoms with Gasteiger partial charge in [-0.2, -0.15) is 10.3 Å². The fraction of sp³-hybridized carbons (Fsp3) is 0.517. The number of esters is 2. The third kappa shape index (κ3) is 7.46. The summed E-state index contributed by atoms with van der Waals surface area (Å²) in [6.07, 6.45) is 1.17. The van der Waals surface area contributed by atoms with Crippen molar-refractivity contribution >= 4 is 25.7 Å². The minimum Gasteiger partial charge on any atom is -0.462 e. The van der Waals surface area contributed by atoms with E-state index in [0.717, 1.165) is 6.42 Å². The lowest BCUT2D eigenvalue weighted by molar-refractivity contribution is -0.163. The molecule has 2 amide bonds. The Morgan fingerprint density at radius 2 is 1.98 bits per heavy atom. The van der Waals surface area contributed by atoms with Crippen LogP contribution in [0.15, 0.2) is 54.9 Å². The smallest absolute Gasteiger partial charge is 0.459 e. The molecule has 0 spiro atoms.